The molecule has 0 aromatic heterocycles. The van der Waals surface area contributed by atoms with Gasteiger partial charge in [0.1, 0.15) is 12.4 Å². The highest BCUT2D eigenvalue weighted by Crippen LogP contribution is 2.13. The van der Waals surface area contributed by atoms with E-state index in [4.69, 9.17) is 9.39 Å². The highest BCUT2D eigenvalue weighted by Gasteiger charge is 2.29. The molecule has 3 nitrogen and oxygen atoms in total. The van der Waals surface area contributed by atoms with Gasteiger partial charge in [0, 0.05) is 6.92 Å². The summed E-state index contributed by atoms with van der Waals surface area (Å²) in [5.41, 5.74) is 3.83. The topological polar surface area (TPSA) is 35.5 Å². The van der Waals surface area contributed by atoms with Crippen LogP contribution in [0.25, 0.3) is 0 Å². The number of hydrogen-bond acceptors (Lipinski definition) is 3. The third-order valence-corrected chi connectivity index (χ3v) is 3.52. The van der Waals surface area contributed by atoms with Crippen LogP contribution >= 0.6 is 0 Å². The fourth-order valence-corrected chi connectivity index (χ4v) is 2.47. The van der Waals surface area contributed by atoms with Crippen molar-refractivity contribution in [3.63, 3.8) is 0 Å². The van der Waals surface area contributed by atoms with Crippen molar-refractivity contribution < 1.29 is 18.6 Å². The maximum atomic E-state index is 13.2. The van der Waals surface area contributed by atoms with Crippen LogP contribution in [0.2, 0.25) is 0 Å². The average molecular weight is 284 g/mol. The van der Waals surface area contributed by atoms with E-state index in [2.05, 4.69) is 0 Å². The third-order valence-electron chi connectivity index (χ3n) is 3.52. The summed E-state index contributed by atoms with van der Waals surface area (Å²) in [4.78, 5) is 10.8. The number of carbonyl (C=O) groups is 1. The second kappa shape index (κ2) is 5.70. The molecule has 3 rings (SSSR count). The predicted molar refractivity (Wildman–Crippen MR) is 78.1 cm³/mol. The molecule has 0 saturated heterocycles. The lowest BCUT2D eigenvalue weighted by molar-refractivity contribution is -0.142. The van der Waals surface area contributed by atoms with Crippen molar-refractivity contribution in [3.05, 3.63) is 59.4 Å². The number of benzene rings is 2. The molecule has 5 heteroatoms. The summed E-state index contributed by atoms with van der Waals surface area (Å²) in [6.45, 7) is 1.91. The fourth-order valence-electron chi connectivity index (χ4n) is 2.47. The Morgan fingerprint density at radius 3 is 2.76 bits per heavy atom. The van der Waals surface area contributed by atoms with Crippen molar-refractivity contribution in [1.29, 1.82) is 0 Å². The Morgan fingerprint density at radius 2 is 2.05 bits per heavy atom. The summed E-state index contributed by atoms with van der Waals surface area (Å²) in [5, 5.41) is 0. The molecule has 106 valence electrons. The highest BCUT2D eigenvalue weighted by molar-refractivity contribution is 6.81. The Labute approximate surface area is 122 Å². The Morgan fingerprint density at radius 1 is 1.29 bits per heavy atom. The van der Waals surface area contributed by atoms with Crippen molar-refractivity contribution in [2.45, 2.75) is 20.1 Å². The van der Waals surface area contributed by atoms with Gasteiger partial charge in [-0.05, 0) is 34.2 Å². The van der Waals surface area contributed by atoms with Gasteiger partial charge in [-0.15, -0.1) is 0 Å². The quantitative estimate of drug-likeness (QED) is 0.633. The molecule has 2 aromatic rings. The molecule has 0 N–H and O–H groups in total. The Bertz CT molecular complexity index is 670. The summed E-state index contributed by atoms with van der Waals surface area (Å²) in [7, 11) is 0. The van der Waals surface area contributed by atoms with E-state index < -0.39 is 0 Å². The van der Waals surface area contributed by atoms with Crippen molar-refractivity contribution in [2.75, 3.05) is 0 Å². The second-order valence-corrected chi connectivity index (χ2v) is 5.06. The first-order valence-electron chi connectivity index (χ1n) is 6.75. The zero-order valence-corrected chi connectivity index (χ0v) is 11.6. The van der Waals surface area contributed by atoms with Gasteiger partial charge in [0.05, 0.1) is 6.61 Å². The summed E-state index contributed by atoms with van der Waals surface area (Å²) in [5.74, 6) is -0.538. The molecule has 2 aromatic carbocycles. The van der Waals surface area contributed by atoms with Crippen molar-refractivity contribution in [2.24, 2.45) is 0 Å². The molecule has 0 aliphatic carbocycles. The first-order valence-corrected chi connectivity index (χ1v) is 6.75. The zero-order valence-electron chi connectivity index (χ0n) is 11.6. The minimum absolute atomic E-state index is 0.164. The van der Waals surface area contributed by atoms with Crippen molar-refractivity contribution >= 4 is 23.8 Å². The van der Waals surface area contributed by atoms with E-state index in [0.717, 1.165) is 22.1 Å². The molecule has 1 aliphatic rings. The number of esters is 1. The lowest BCUT2D eigenvalue weighted by Crippen LogP contribution is -2.41. The van der Waals surface area contributed by atoms with Crippen molar-refractivity contribution in [1.82, 2.24) is 0 Å². The number of rotatable bonds is 3. The van der Waals surface area contributed by atoms with Crippen LogP contribution in [0, 0.1) is 5.82 Å². The van der Waals surface area contributed by atoms with Crippen LogP contribution < -0.4 is 10.9 Å². The van der Waals surface area contributed by atoms with Crippen molar-refractivity contribution in [3.8, 4) is 0 Å². The fraction of sp³-hybridized carbons (Fsp3) is 0.188. The third kappa shape index (κ3) is 2.98. The largest absolute Gasteiger partial charge is 0.461 e. The van der Waals surface area contributed by atoms with Crippen LogP contribution in [0.3, 0.4) is 0 Å². The summed E-state index contributed by atoms with van der Waals surface area (Å²) >= 11 is 0. The molecule has 0 unspecified atom stereocenters. The normalized spacial score (nSPS) is 13.1. The van der Waals surface area contributed by atoms with Gasteiger partial charge < -0.3 is 9.39 Å². The van der Waals surface area contributed by atoms with Crippen LogP contribution in [0.4, 0.5) is 4.39 Å². The molecule has 21 heavy (non-hydrogen) atoms. The summed E-state index contributed by atoms with van der Waals surface area (Å²) < 4.78 is 23.9. The van der Waals surface area contributed by atoms with Crippen LogP contribution in [-0.2, 0) is 27.4 Å². The maximum Gasteiger partial charge on any atom is 0.362 e. The Hall–Kier alpha value is -2.14. The van der Waals surface area contributed by atoms with E-state index in [1.165, 1.54) is 19.1 Å². The van der Waals surface area contributed by atoms with E-state index in [0.29, 0.717) is 6.61 Å². The van der Waals surface area contributed by atoms with Gasteiger partial charge in [0.15, 0.2) is 0 Å². The van der Waals surface area contributed by atoms with Gasteiger partial charge in [-0.1, -0.05) is 30.3 Å². The van der Waals surface area contributed by atoms with Gasteiger partial charge in [-0.2, -0.15) is 0 Å². The molecule has 0 amide bonds. The Kier molecular flexibility index (Phi) is 3.75. The lowest BCUT2D eigenvalue weighted by atomic mass is 9.56. The van der Waals surface area contributed by atoms with Crippen LogP contribution in [0.15, 0.2) is 42.5 Å². The average Bonchev–Trinajstić information content (AvgIpc) is 2.88. The molecular formula is C16H14BFO3. The second-order valence-electron chi connectivity index (χ2n) is 5.06. The van der Waals surface area contributed by atoms with E-state index in [1.54, 1.807) is 6.07 Å². The van der Waals surface area contributed by atoms with Gasteiger partial charge in [-0.3, -0.25) is 4.79 Å². The molecule has 0 saturated carbocycles. The molecule has 1 heterocycles. The number of halogens is 1. The zero-order chi connectivity index (χ0) is 14.8. The van der Waals surface area contributed by atoms with Crippen LogP contribution in [0.1, 0.15) is 18.1 Å². The minimum atomic E-state index is -0.297. The lowest BCUT2D eigenvalue weighted by Gasteiger charge is -2.08. The standard InChI is InChI=1S/C16H14BFO3/c1-11(19)20-9-12-2-4-14(5-3-12)17-16-7-6-15(18)8-13(16)10-21-17/h2-8H,9-10H2,1H3. The molecular weight excluding hydrogens is 270 g/mol. The molecule has 0 bridgehead atoms. The van der Waals surface area contributed by atoms with Crippen LogP contribution in [0.5, 0.6) is 0 Å². The number of fused-ring (bicyclic) bond motifs is 1. The van der Waals surface area contributed by atoms with Gasteiger partial charge in [0.25, 0.3) is 0 Å². The predicted octanol–water partition coefficient (Wildman–Crippen LogP) is 1.52. The van der Waals surface area contributed by atoms with Gasteiger partial charge in [-0.25, -0.2) is 4.39 Å². The van der Waals surface area contributed by atoms with E-state index in [1.807, 2.05) is 24.3 Å². The molecule has 1 aliphatic heterocycles. The first kappa shape index (κ1) is 13.8. The van der Waals surface area contributed by atoms with E-state index >= 15 is 0 Å². The smallest absolute Gasteiger partial charge is 0.362 e. The number of carbonyl (C=O) groups excluding carboxylic acids is 1. The minimum Gasteiger partial charge on any atom is -0.461 e. The Balaban J connectivity index is 1.78. The highest BCUT2D eigenvalue weighted by atomic mass is 19.1. The summed E-state index contributed by atoms with van der Waals surface area (Å²) in [6.07, 6.45) is 0. The molecule has 0 atom stereocenters. The number of ether oxygens (including phenoxy) is 1. The number of hydrogen-bond donors (Lipinski definition) is 0. The van der Waals surface area contributed by atoms with Gasteiger partial charge >= 0.3 is 12.9 Å². The van der Waals surface area contributed by atoms with Gasteiger partial charge in [0.2, 0.25) is 0 Å². The maximum absolute atomic E-state index is 13.2. The van der Waals surface area contributed by atoms with E-state index in [9.17, 15) is 9.18 Å². The molecule has 0 spiro atoms. The summed E-state index contributed by atoms with van der Waals surface area (Å²) in [6, 6.07) is 12.4. The van der Waals surface area contributed by atoms with E-state index in [-0.39, 0.29) is 25.3 Å². The monoisotopic (exact) mass is 284 g/mol. The van der Waals surface area contributed by atoms with Crippen LogP contribution in [-0.4, -0.2) is 12.9 Å². The SMILES string of the molecule is CC(=O)OCc1ccc(B2OCc3cc(F)ccc32)cc1. The first-order chi connectivity index (χ1) is 10.1. The molecule has 0 radical (unpaired) electrons. The molecule has 0 fully saturated rings.